The number of thiocarbonyl (C=S) groups is 1. The SMILES string of the molecule is COc1cc(C=C2SC(=S)N([C@@H](C(=O)[O-])C(C)C)C2=O)cc(OC)c1OC. The quantitative estimate of drug-likeness (QED) is 0.496. The number of carbonyl (C=O) groups is 2. The molecule has 9 heteroatoms. The van der Waals surface area contributed by atoms with Gasteiger partial charge in [-0.15, -0.1) is 0 Å². The summed E-state index contributed by atoms with van der Waals surface area (Å²) in [5.74, 6) is -0.849. The molecule has 1 aliphatic rings. The number of thioether (sulfide) groups is 1. The second-order valence-corrected chi connectivity index (χ2v) is 7.69. The van der Waals surface area contributed by atoms with E-state index in [9.17, 15) is 14.7 Å². The molecule has 0 spiro atoms. The van der Waals surface area contributed by atoms with Crippen LogP contribution in [0.2, 0.25) is 0 Å². The van der Waals surface area contributed by atoms with Gasteiger partial charge in [0.05, 0.1) is 38.2 Å². The number of amides is 1. The van der Waals surface area contributed by atoms with Crippen LogP contribution in [0.3, 0.4) is 0 Å². The third-order valence-corrected chi connectivity index (χ3v) is 5.29. The van der Waals surface area contributed by atoms with E-state index in [4.69, 9.17) is 26.4 Å². The van der Waals surface area contributed by atoms with Gasteiger partial charge in [0, 0.05) is 0 Å². The Bertz CT molecular complexity index is 780. The first kappa shape index (κ1) is 21.0. The summed E-state index contributed by atoms with van der Waals surface area (Å²) in [6.07, 6.45) is 1.61. The number of carboxylic acids is 1. The van der Waals surface area contributed by atoms with Crippen LogP contribution in [-0.4, -0.2) is 48.5 Å². The fraction of sp³-hybridized carbons (Fsp3) is 0.389. The molecule has 0 saturated carbocycles. The smallest absolute Gasteiger partial charge is 0.266 e. The van der Waals surface area contributed by atoms with Crippen molar-refractivity contribution >= 4 is 46.3 Å². The molecule has 1 aromatic carbocycles. The number of ether oxygens (including phenoxy) is 3. The van der Waals surface area contributed by atoms with Gasteiger partial charge in [0.25, 0.3) is 5.91 Å². The predicted molar refractivity (Wildman–Crippen MR) is 105 cm³/mol. The predicted octanol–water partition coefficient (Wildman–Crippen LogP) is 1.69. The largest absolute Gasteiger partial charge is 0.548 e. The summed E-state index contributed by atoms with van der Waals surface area (Å²) in [5, 5.41) is 11.5. The van der Waals surface area contributed by atoms with Gasteiger partial charge in [0.15, 0.2) is 11.5 Å². The Hall–Kier alpha value is -2.26. The molecule has 0 N–H and O–H groups in total. The van der Waals surface area contributed by atoms with Crippen LogP contribution < -0.4 is 19.3 Å². The van der Waals surface area contributed by atoms with Crippen molar-refractivity contribution in [1.29, 1.82) is 0 Å². The Morgan fingerprint density at radius 1 is 1.19 bits per heavy atom. The van der Waals surface area contributed by atoms with Gasteiger partial charge in [-0.3, -0.25) is 9.69 Å². The maximum absolute atomic E-state index is 12.8. The van der Waals surface area contributed by atoms with Gasteiger partial charge in [-0.05, 0) is 29.7 Å². The molecule has 7 nitrogen and oxygen atoms in total. The summed E-state index contributed by atoms with van der Waals surface area (Å²) >= 11 is 6.27. The summed E-state index contributed by atoms with van der Waals surface area (Å²) in [6, 6.07) is 2.25. The average Bonchev–Trinajstić information content (AvgIpc) is 2.88. The summed E-state index contributed by atoms with van der Waals surface area (Å²) in [4.78, 5) is 25.7. The highest BCUT2D eigenvalue weighted by Gasteiger charge is 2.39. The van der Waals surface area contributed by atoms with E-state index in [1.165, 1.54) is 21.3 Å². The zero-order valence-corrected chi connectivity index (χ0v) is 17.2. The van der Waals surface area contributed by atoms with Gasteiger partial charge >= 0.3 is 0 Å². The monoisotopic (exact) mass is 410 g/mol. The fourth-order valence-corrected chi connectivity index (χ4v) is 4.06. The van der Waals surface area contributed by atoms with Gasteiger partial charge in [0.1, 0.15) is 4.32 Å². The van der Waals surface area contributed by atoms with E-state index in [-0.39, 0.29) is 10.2 Å². The van der Waals surface area contributed by atoms with Crippen LogP contribution in [0.4, 0.5) is 0 Å². The number of aliphatic carboxylic acids is 1. The first-order valence-corrected chi connectivity index (χ1v) is 9.25. The third kappa shape index (κ3) is 4.19. The molecule has 0 aromatic heterocycles. The lowest BCUT2D eigenvalue weighted by Crippen LogP contribution is -2.52. The minimum atomic E-state index is -1.34. The minimum absolute atomic E-state index is 0.182. The van der Waals surface area contributed by atoms with Crippen molar-refractivity contribution < 1.29 is 28.9 Å². The zero-order chi connectivity index (χ0) is 20.3. The van der Waals surface area contributed by atoms with Crippen LogP contribution in [-0.2, 0) is 9.59 Å². The standard InChI is InChI=1S/C18H21NO6S2/c1-9(2)14(17(21)22)19-16(20)13(27-18(19)26)8-10-6-11(23-3)15(25-5)12(7-10)24-4/h6-9,14H,1-5H3,(H,21,22)/p-1/t14-/m1/s1. The molecule has 1 saturated heterocycles. The molecule has 1 aliphatic heterocycles. The molecular weight excluding hydrogens is 390 g/mol. The first-order chi connectivity index (χ1) is 12.7. The molecule has 1 heterocycles. The highest BCUT2D eigenvalue weighted by atomic mass is 32.2. The second kappa shape index (κ2) is 8.62. The topological polar surface area (TPSA) is 88.1 Å². The lowest BCUT2D eigenvalue weighted by molar-refractivity contribution is -0.311. The van der Waals surface area contributed by atoms with Crippen molar-refractivity contribution in [3.8, 4) is 17.2 Å². The molecule has 146 valence electrons. The Morgan fingerprint density at radius 2 is 1.74 bits per heavy atom. The summed E-state index contributed by atoms with van der Waals surface area (Å²) < 4.78 is 16.1. The molecule has 0 aliphatic carbocycles. The highest BCUT2D eigenvalue weighted by Crippen LogP contribution is 2.40. The number of hydrogen-bond donors (Lipinski definition) is 0. The molecule has 1 atom stereocenters. The van der Waals surface area contributed by atoms with Crippen LogP contribution in [0, 0.1) is 5.92 Å². The van der Waals surface area contributed by atoms with Crippen LogP contribution in [0.25, 0.3) is 6.08 Å². The molecule has 0 bridgehead atoms. The number of rotatable bonds is 7. The van der Waals surface area contributed by atoms with Gasteiger partial charge in [-0.1, -0.05) is 37.8 Å². The zero-order valence-electron chi connectivity index (χ0n) is 15.6. The van der Waals surface area contributed by atoms with Crippen LogP contribution in [0.5, 0.6) is 17.2 Å². The fourth-order valence-electron chi connectivity index (χ4n) is 2.73. The van der Waals surface area contributed by atoms with E-state index in [1.54, 1.807) is 32.1 Å². The Labute approximate surface area is 167 Å². The summed E-state index contributed by atoms with van der Waals surface area (Å²) in [6.45, 7) is 3.39. The van der Waals surface area contributed by atoms with Gasteiger partial charge in [-0.2, -0.15) is 0 Å². The normalized spacial score (nSPS) is 16.8. The van der Waals surface area contributed by atoms with E-state index in [2.05, 4.69) is 0 Å². The van der Waals surface area contributed by atoms with Crippen molar-refractivity contribution in [1.82, 2.24) is 4.90 Å². The lowest BCUT2D eigenvalue weighted by atomic mass is 10.0. The van der Waals surface area contributed by atoms with Crippen molar-refractivity contribution in [2.45, 2.75) is 19.9 Å². The van der Waals surface area contributed by atoms with E-state index < -0.39 is 17.9 Å². The Morgan fingerprint density at radius 3 is 2.15 bits per heavy atom. The number of benzene rings is 1. The molecular formula is C18H20NO6S2-. The molecule has 0 radical (unpaired) electrons. The first-order valence-electron chi connectivity index (χ1n) is 8.03. The van der Waals surface area contributed by atoms with Crippen molar-refractivity contribution in [2.24, 2.45) is 5.92 Å². The number of carboxylic acid groups (broad SMARTS) is 1. The highest BCUT2D eigenvalue weighted by molar-refractivity contribution is 8.26. The van der Waals surface area contributed by atoms with Crippen molar-refractivity contribution in [2.75, 3.05) is 21.3 Å². The lowest BCUT2D eigenvalue weighted by Gasteiger charge is -2.30. The maximum atomic E-state index is 12.8. The maximum Gasteiger partial charge on any atom is 0.266 e. The summed E-state index contributed by atoms with van der Waals surface area (Å²) in [5.41, 5.74) is 0.625. The summed E-state index contributed by atoms with van der Waals surface area (Å²) in [7, 11) is 4.48. The molecule has 1 aromatic rings. The molecule has 2 rings (SSSR count). The minimum Gasteiger partial charge on any atom is -0.548 e. The Balaban J connectivity index is 2.45. The van der Waals surface area contributed by atoms with Crippen LogP contribution in [0.15, 0.2) is 17.0 Å². The average molecular weight is 410 g/mol. The van der Waals surface area contributed by atoms with Gasteiger partial charge < -0.3 is 24.1 Å². The number of carbonyl (C=O) groups excluding carboxylic acids is 2. The van der Waals surface area contributed by atoms with Crippen molar-refractivity contribution in [3.63, 3.8) is 0 Å². The molecule has 1 fully saturated rings. The van der Waals surface area contributed by atoms with E-state index in [0.29, 0.717) is 27.7 Å². The van der Waals surface area contributed by atoms with E-state index in [0.717, 1.165) is 16.7 Å². The van der Waals surface area contributed by atoms with E-state index in [1.807, 2.05) is 0 Å². The molecule has 1 amide bonds. The van der Waals surface area contributed by atoms with E-state index >= 15 is 0 Å². The third-order valence-electron chi connectivity index (χ3n) is 3.96. The number of hydrogen-bond acceptors (Lipinski definition) is 8. The van der Waals surface area contributed by atoms with Gasteiger partial charge in [0.2, 0.25) is 5.75 Å². The second-order valence-electron chi connectivity index (χ2n) is 6.02. The van der Waals surface area contributed by atoms with Crippen molar-refractivity contribution in [3.05, 3.63) is 22.6 Å². The Kier molecular flexibility index (Phi) is 6.72. The number of methoxy groups -OCH3 is 3. The molecule has 27 heavy (non-hydrogen) atoms. The van der Waals surface area contributed by atoms with Gasteiger partial charge in [-0.25, -0.2) is 0 Å². The van der Waals surface area contributed by atoms with Crippen LogP contribution >= 0.6 is 24.0 Å². The number of nitrogens with zero attached hydrogens (tertiary/aromatic N) is 1. The molecule has 0 unspecified atom stereocenters. The van der Waals surface area contributed by atoms with Crippen LogP contribution in [0.1, 0.15) is 19.4 Å².